The first-order valence-corrected chi connectivity index (χ1v) is 12.1. The molecule has 0 aliphatic rings. The number of nitrogens with one attached hydrogen (secondary N) is 3. The summed E-state index contributed by atoms with van der Waals surface area (Å²) in [7, 11) is 6.05. The zero-order valence-corrected chi connectivity index (χ0v) is 22.1. The Morgan fingerprint density at radius 1 is 1.11 bits per heavy atom. The highest BCUT2D eigenvalue weighted by Crippen LogP contribution is 2.27. The molecule has 3 rings (SSSR count). The summed E-state index contributed by atoms with van der Waals surface area (Å²) in [5.41, 5.74) is 8.61. The van der Waals surface area contributed by atoms with Gasteiger partial charge in [0.25, 0.3) is 5.91 Å². The number of nitrogens with two attached hydrogens (primary N) is 1. The first kappa shape index (κ1) is 27.4. The van der Waals surface area contributed by atoms with Crippen LogP contribution in [0.15, 0.2) is 48.5 Å². The molecule has 0 aliphatic heterocycles. The van der Waals surface area contributed by atoms with Crippen LogP contribution in [0.3, 0.4) is 0 Å². The van der Waals surface area contributed by atoms with Crippen molar-refractivity contribution < 1.29 is 9.53 Å². The number of hydrogen-bond acceptors (Lipinski definition) is 9. The molecule has 196 valence electrons. The number of likely N-dealkylation sites (N-methyl/N-ethyl adjacent to an activating group) is 2. The maximum Gasteiger partial charge on any atom is 0.258 e. The predicted molar refractivity (Wildman–Crippen MR) is 150 cm³/mol. The number of anilines is 4. The third-order valence-electron chi connectivity index (χ3n) is 5.41. The van der Waals surface area contributed by atoms with E-state index >= 15 is 0 Å². The van der Waals surface area contributed by atoms with Crippen molar-refractivity contribution in [1.82, 2.24) is 20.2 Å². The van der Waals surface area contributed by atoms with E-state index in [9.17, 15) is 4.79 Å². The van der Waals surface area contributed by atoms with Gasteiger partial charge in [-0.1, -0.05) is 12.1 Å². The van der Waals surface area contributed by atoms with Crippen molar-refractivity contribution in [3.63, 3.8) is 0 Å². The number of ether oxygens (including phenoxy) is 1. The molecule has 0 atom stereocenters. The second-order valence-corrected chi connectivity index (χ2v) is 9.31. The Balaban J connectivity index is 1.92. The van der Waals surface area contributed by atoms with Crippen molar-refractivity contribution >= 4 is 35.1 Å². The van der Waals surface area contributed by atoms with Gasteiger partial charge in [-0.05, 0) is 58.3 Å². The van der Waals surface area contributed by atoms with Crippen LogP contribution >= 0.6 is 0 Å². The van der Waals surface area contributed by atoms with Crippen LogP contribution in [0.4, 0.5) is 23.0 Å². The quantitative estimate of drug-likeness (QED) is 0.218. The van der Waals surface area contributed by atoms with E-state index in [1.54, 1.807) is 18.2 Å². The lowest BCUT2D eigenvalue weighted by molar-refractivity contribution is -0.123. The highest BCUT2D eigenvalue weighted by Gasteiger charge is 2.13. The topological polar surface area (TPSA) is 132 Å². The van der Waals surface area contributed by atoms with Crippen LogP contribution in [0.1, 0.15) is 19.4 Å². The molecule has 0 spiro atoms. The molecule has 1 heterocycles. The summed E-state index contributed by atoms with van der Waals surface area (Å²) >= 11 is 0. The number of carbonyl (C=O) groups excluding carboxylic acids is 1. The molecule has 1 amide bonds. The van der Waals surface area contributed by atoms with Gasteiger partial charge in [0, 0.05) is 61.0 Å². The van der Waals surface area contributed by atoms with Gasteiger partial charge >= 0.3 is 0 Å². The first-order chi connectivity index (χ1) is 17.6. The average Bonchev–Trinajstić information content (AvgIpc) is 2.86. The van der Waals surface area contributed by atoms with Crippen LogP contribution in [0.2, 0.25) is 0 Å². The fourth-order valence-corrected chi connectivity index (χ4v) is 3.45. The van der Waals surface area contributed by atoms with E-state index in [0.717, 1.165) is 30.2 Å². The molecule has 1 aromatic heterocycles. The molecular formula is C27H36N8O2. The van der Waals surface area contributed by atoms with Gasteiger partial charge in [0.05, 0.1) is 0 Å². The number of amides is 1. The van der Waals surface area contributed by atoms with Gasteiger partial charge in [-0.15, -0.1) is 0 Å². The van der Waals surface area contributed by atoms with Crippen molar-refractivity contribution in [2.45, 2.75) is 19.9 Å². The summed E-state index contributed by atoms with van der Waals surface area (Å²) in [6.45, 7) is 5.37. The lowest BCUT2D eigenvalue weighted by atomic mass is 10.1. The summed E-state index contributed by atoms with van der Waals surface area (Å²) in [4.78, 5) is 25.7. The van der Waals surface area contributed by atoms with Gasteiger partial charge in [0.2, 0.25) is 0 Å². The van der Waals surface area contributed by atoms with E-state index in [-0.39, 0.29) is 18.6 Å². The van der Waals surface area contributed by atoms with Crippen molar-refractivity contribution in [3.05, 3.63) is 54.1 Å². The first-order valence-electron chi connectivity index (χ1n) is 12.1. The summed E-state index contributed by atoms with van der Waals surface area (Å²) < 4.78 is 5.70. The lowest BCUT2D eigenvalue weighted by Crippen LogP contribution is -2.34. The number of aromatic nitrogens is 2. The Kier molecular flexibility index (Phi) is 9.39. The molecule has 37 heavy (non-hydrogen) atoms. The highest BCUT2D eigenvalue weighted by atomic mass is 16.5. The summed E-state index contributed by atoms with van der Waals surface area (Å²) in [5.74, 6) is 2.23. The van der Waals surface area contributed by atoms with Gasteiger partial charge in [0.1, 0.15) is 17.4 Å². The molecule has 10 heteroatoms. The van der Waals surface area contributed by atoms with Crippen LogP contribution < -0.4 is 26.0 Å². The number of benzene rings is 2. The Labute approximate surface area is 218 Å². The van der Waals surface area contributed by atoms with Crippen LogP contribution in [0.25, 0.3) is 11.4 Å². The maximum absolute atomic E-state index is 12.0. The van der Waals surface area contributed by atoms with E-state index in [2.05, 4.69) is 20.4 Å². The number of carbonyl (C=O) groups is 1. The molecule has 0 aliphatic carbocycles. The zero-order valence-electron chi connectivity index (χ0n) is 22.1. The zero-order chi connectivity index (χ0) is 26.9. The number of rotatable bonds is 12. The van der Waals surface area contributed by atoms with E-state index in [4.69, 9.17) is 25.8 Å². The van der Waals surface area contributed by atoms with Crippen molar-refractivity contribution in [2.75, 3.05) is 56.8 Å². The van der Waals surface area contributed by atoms with Gasteiger partial charge in [-0.25, -0.2) is 9.97 Å². The second kappa shape index (κ2) is 12.7. The van der Waals surface area contributed by atoms with Gasteiger partial charge in [-0.3, -0.25) is 4.79 Å². The summed E-state index contributed by atoms with van der Waals surface area (Å²) in [6, 6.07) is 14.7. The maximum atomic E-state index is 12.0. The van der Waals surface area contributed by atoms with Gasteiger partial charge in [0.15, 0.2) is 12.4 Å². The molecule has 5 N–H and O–H groups in total. The lowest BCUT2D eigenvalue weighted by Gasteiger charge is -2.22. The van der Waals surface area contributed by atoms with E-state index < -0.39 is 0 Å². The molecule has 0 saturated heterocycles. The van der Waals surface area contributed by atoms with Crippen molar-refractivity contribution in [2.24, 2.45) is 0 Å². The van der Waals surface area contributed by atoms with E-state index in [1.807, 2.05) is 65.3 Å². The molecule has 3 aromatic rings. The number of hydrogen-bond donors (Lipinski definition) is 4. The Hall–Kier alpha value is -4.18. The third kappa shape index (κ3) is 8.18. The van der Waals surface area contributed by atoms with Gasteiger partial charge in [-0.2, -0.15) is 0 Å². The molecule has 0 fully saturated rings. The molecule has 0 saturated carbocycles. The smallest absolute Gasteiger partial charge is 0.258 e. The largest absolute Gasteiger partial charge is 0.484 e. The molecule has 0 bridgehead atoms. The standard InChI is InChI=1S/C27H36N8O2/c1-18(2)30-26(36)17-37-22-8-6-7-19(14-22)27-32-24(15-25(33-27)35(5)12-11-34(3)4)31-21-9-10-23(29)20(13-21)16-28/h6-10,13-16,18,28H,11-12,17,29H2,1-5H3,(H,30,36)(H,31,32,33). The molecule has 0 radical (unpaired) electrons. The van der Waals surface area contributed by atoms with Crippen LogP contribution in [-0.2, 0) is 4.79 Å². The molecule has 2 aromatic carbocycles. The van der Waals surface area contributed by atoms with Crippen molar-refractivity contribution in [3.8, 4) is 17.1 Å². The molecule has 0 unspecified atom stereocenters. The van der Waals surface area contributed by atoms with Crippen LogP contribution in [-0.4, -0.2) is 73.9 Å². The monoisotopic (exact) mass is 504 g/mol. The Morgan fingerprint density at radius 3 is 2.59 bits per heavy atom. The Bertz CT molecular complexity index is 1230. The third-order valence-corrected chi connectivity index (χ3v) is 5.41. The highest BCUT2D eigenvalue weighted by molar-refractivity contribution is 5.87. The predicted octanol–water partition coefficient (Wildman–Crippen LogP) is 3.37. The number of nitrogen functional groups attached to an aromatic ring is 1. The average molecular weight is 505 g/mol. The Morgan fingerprint density at radius 2 is 1.89 bits per heavy atom. The van der Waals surface area contributed by atoms with E-state index in [0.29, 0.717) is 28.6 Å². The summed E-state index contributed by atoms with van der Waals surface area (Å²) in [5, 5.41) is 13.7. The number of nitrogens with zero attached hydrogens (tertiary/aromatic N) is 4. The fourth-order valence-electron chi connectivity index (χ4n) is 3.45. The molecule has 10 nitrogen and oxygen atoms in total. The molecular weight excluding hydrogens is 468 g/mol. The van der Waals surface area contributed by atoms with Gasteiger partial charge < -0.3 is 36.3 Å². The van der Waals surface area contributed by atoms with Crippen molar-refractivity contribution in [1.29, 1.82) is 5.41 Å². The van der Waals surface area contributed by atoms with Crippen LogP contribution in [0, 0.1) is 5.41 Å². The van der Waals surface area contributed by atoms with E-state index in [1.165, 1.54) is 6.21 Å². The SMILES string of the molecule is CC(C)NC(=O)COc1cccc(-c2nc(Nc3ccc(N)c(C=N)c3)cc(N(C)CCN(C)C)n2)c1. The van der Waals surface area contributed by atoms with Crippen LogP contribution in [0.5, 0.6) is 5.75 Å². The normalized spacial score (nSPS) is 10.9. The summed E-state index contributed by atoms with van der Waals surface area (Å²) in [6.07, 6.45) is 1.22. The fraction of sp³-hybridized carbons (Fsp3) is 0.333. The second-order valence-electron chi connectivity index (χ2n) is 9.31. The minimum Gasteiger partial charge on any atom is -0.484 e. The minimum absolute atomic E-state index is 0.0464. The minimum atomic E-state index is -0.180.